The lowest BCUT2D eigenvalue weighted by Gasteiger charge is -2.19. The number of rotatable bonds is 5. The van der Waals surface area contributed by atoms with Gasteiger partial charge >= 0.3 is 6.18 Å². The Morgan fingerprint density at radius 2 is 2.00 bits per heavy atom. The van der Waals surface area contributed by atoms with Crippen LogP contribution in [0, 0.1) is 0 Å². The van der Waals surface area contributed by atoms with Crippen molar-refractivity contribution in [1.82, 2.24) is 10.3 Å². The molecular weight excluding hydrogens is 371 g/mol. The molecular formula is C20H22F3N3O2. The lowest BCUT2D eigenvalue weighted by atomic mass is 10.1. The number of carbonyl (C=O) groups is 1. The normalized spacial score (nSPS) is 18.0. The number of hydrogen-bond donors (Lipinski definition) is 1. The molecule has 1 unspecified atom stereocenters. The molecule has 3 rings (SSSR count). The third-order valence-electron chi connectivity index (χ3n) is 4.64. The van der Waals surface area contributed by atoms with Crippen LogP contribution in [0.3, 0.4) is 0 Å². The van der Waals surface area contributed by atoms with E-state index in [4.69, 9.17) is 4.74 Å². The minimum Gasteiger partial charge on any atom is -0.489 e. The monoisotopic (exact) mass is 393 g/mol. The van der Waals surface area contributed by atoms with Crippen molar-refractivity contribution in [3.05, 3.63) is 53.7 Å². The van der Waals surface area contributed by atoms with Crippen LogP contribution in [-0.4, -0.2) is 30.1 Å². The summed E-state index contributed by atoms with van der Waals surface area (Å²) in [7, 11) is 0. The van der Waals surface area contributed by atoms with Crippen LogP contribution in [0.5, 0.6) is 5.75 Å². The average Bonchev–Trinajstić information content (AvgIpc) is 3.10. The number of benzene rings is 1. The molecule has 2 atom stereocenters. The Hall–Kier alpha value is -2.77. The Balaban J connectivity index is 1.60. The largest absolute Gasteiger partial charge is 0.489 e. The van der Waals surface area contributed by atoms with E-state index in [0.29, 0.717) is 31.1 Å². The van der Waals surface area contributed by atoms with Crippen LogP contribution in [0.4, 0.5) is 19.0 Å². The van der Waals surface area contributed by atoms with Crippen LogP contribution in [0.1, 0.15) is 37.4 Å². The van der Waals surface area contributed by atoms with Crippen LogP contribution >= 0.6 is 0 Å². The van der Waals surface area contributed by atoms with E-state index < -0.39 is 11.7 Å². The molecule has 5 nitrogen and oxygen atoms in total. The molecule has 1 aromatic carbocycles. The number of alkyl halides is 3. The second-order valence-corrected chi connectivity index (χ2v) is 6.87. The smallest absolute Gasteiger partial charge is 0.416 e. The summed E-state index contributed by atoms with van der Waals surface area (Å²) >= 11 is 0. The van der Waals surface area contributed by atoms with E-state index in [0.717, 1.165) is 17.7 Å². The maximum absolute atomic E-state index is 12.9. The van der Waals surface area contributed by atoms with Gasteiger partial charge in [-0.1, -0.05) is 12.1 Å². The fourth-order valence-corrected chi connectivity index (χ4v) is 3.22. The summed E-state index contributed by atoms with van der Waals surface area (Å²) in [6.07, 6.45) is -2.64. The van der Waals surface area contributed by atoms with Gasteiger partial charge in [-0.2, -0.15) is 13.2 Å². The summed E-state index contributed by atoms with van der Waals surface area (Å²) in [6, 6.07) is 9.38. The number of hydrogen-bond acceptors (Lipinski definition) is 4. The molecule has 1 N–H and O–H groups in total. The van der Waals surface area contributed by atoms with Gasteiger partial charge in [0.2, 0.25) is 5.91 Å². The molecule has 1 aromatic heterocycles. The molecule has 0 aliphatic carbocycles. The number of nitrogens with zero attached hydrogens (tertiary/aromatic N) is 2. The van der Waals surface area contributed by atoms with E-state index >= 15 is 0 Å². The quantitative estimate of drug-likeness (QED) is 0.836. The minimum absolute atomic E-state index is 0.0953. The minimum atomic E-state index is -4.39. The van der Waals surface area contributed by atoms with Crippen molar-refractivity contribution in [2.24, 2.45) is 0 Å². The highest BCUT2D eigenvalue weighted by molar-refractivity contribution is 5.73. The zero-order chi connectivity index (χ0) is 20.3. The Labute approximate surface area is 161 Å². The third-order valence-corrected chi connectivity index (χ3v) is 4.64. The van der Waals surface area contributed by atoms with Crippen LogP contribution in [0.2, 0.25) is 0 Å². The molecule has 2 heterocycles. The fourth-order valence-electron chi connectivity index (χ4n) is 3.22. The maximum atomic E-state index is 12.9. The lowest BCUT2D eigenvalue weighted by Crippen LogP contribution is -2.25. The number of carbonyl (C=O) groups excluding carboxylic acids is 1. The topological polar surface area (TPSA) is 54.5 Å². The van der Waals surface area contributed by atoms with Gasteiger partial charge in [-0.25, -0.2) is 4.98 Å². The van der Waals surface area contributed by atoms with E-state index in [-0.39, 0.29) is 18.1 Å². The van der Waals surface area contributed by atoms with Crippen molar-refractivity contribution < 1.29 is 22.7 Å². The molecule has 0 saturated carbocycles. The van der Waals surface area contributed by atoms with Gasteiger partial charge in [-0.05, 0) is 36.8 Å². The van der Waals surface area contributed by atoms with Crippen LogP contribution < -0.4 is 15.0 Å². The molecule has 1 saturated heterocycles. The van der Waals surface area contributed by atoms with E-state index in [2.05, 4.69) is 10.3 Å². The van der Waals surface area contributed by atoms with Gasteiger partial charge in [0.25, 0.3) is 0 Å². The van der Waals surface area contributed by atoms with Gasteiger partial charge in [-0.3, -0.25) is 4.79 Å². The van der Waals surface area contributed by atoms with E-state index in [1.165, 1.54) is 13.1 Å². The van der Waals surface area contributed by atoms with Gasteiger partial charge in [0.05, 0.1) is 18.2 Å². The highest BCUT2D eigenvalue weighted by atomic mass is 19.4. The zero-order valence-corrected chi connectivity index (χ0v) is 15.7. The Morgan fingerprint density at radius 3 is 2.64 bits per heavy atom. The number of ether oxygens (including phenoxy) is 1. The summed E-state index contributed by atoms with van der Waals surface area (Å²) in [5, 5.41) is 2.82. The Kier molecular flexibility index (Phi) is 5.76. The van der Waals surface area contributed by atoms with Gasteiger partial charge < -0.3 is 15.0 Å². The molecule has 0 bridgehead atoms. The highest BCUT2D eigenvalue weighted by Gasteiger charge is 2.32. The standard InChI is InChI=1S/C20H22F3N3O2/c1-13(25-14(2)27)15-3-5-17(6-4-15)28-18-8-10-26(12-18)19-11-16(7-9-24-19)20(21,22)23/h3-7,9,11,13,18H,8,10,12H2,1-2H3,(H,25,27)/t13?,18-/m1/s1. The molecule has 28 heavy (non-hydrogen) atoms. The summed E-state index contributed by atoms with van der Waals surface area (Å²) in [4.78, 5) is 17.0. The Bertz CT molecular complexity index is 824. The maximum Gasteiger partial charge on any atom is 0.416 e. The van der Waals surface area contributed by atoms with Crippen LogP contribution in [0.15, 0.2) is 42.6 Å². The number of amides is 1. The van der Waals surface area contributed by atoms with E-state index in [1.54, 1.807) is 4.90 Å². The number of anilines is 1. The predicted octanol–water partition coefficient (Wildman–Crippen LogP) is 3.96. The molecule has 8 heteroatoms. The van der Waals surface area contributed by atoms with Gasteiger partial charge in [-0.15, -0.1) is 0 Å². The predicted molar refractivity (Wildman–Crippen MR) is 99.2 cm³/mol. The first kappa shape index (κ1) is 20.0. The van der Waals surface area contributed by atoms with Crippen LogP contribution in [0.25, 0.3) is 0 Å². The summed E-state index contributed by atoms with van der Waals surface area (Å²) in [5.41, 5.74) is 0.259. The average molecular weight is 393 g/mol. The molecule has 1 aliphatic heterocycles. The first-order valence-corrected chi connectivity index (χ1v) is 9.04. The first-order chi connectivity index (χ1) is 13.2. The molecule has 1 aliphatic rings. The Morgan fingerprint density at radius 1 is 1.29 bits per heavy atom. The molecule has 1 fully saturated rings. The van der Waals surface area contributed by atoms with Crippen LogP contribution in [-0.2, 0) is 11.0 Å². The van der Waals surface area contributed by atoms with Gasteiger partial charge in [0.15, 0.2) is 0 Å². The van der Waals surface area contributed by atoms with Crippen molar-refractivity contribution in [3.8, 4) is 5.75 Å². The molecule has 1 amide bonds. The van der Waals surface area contributed by atoms with Crippen molar-refractivity contribution in [1.29, 1.82) is 0 Å². The summed E-state index contributed by atoms with van der Waals surface area (Å²) in [6.45, 7) is 4.42. The number of pyridine rings is 1. The van der Waals surface area contributed by atoms with Crippen molar-refractivity contribution in [2.75, 3.05) is 18.0 Å². The second kappa shape index (κ2) is 8.08. The fraction of sp³-hybridized carbons (Fsp3) is 0.400. The van der Waals surface area contributed by atoms with Crippen molar-refractivity contribution >= 4 is 11.7 Å². The van der Waals surface area contributed by atoms with Gasteiger partial charge in [0, 0.05) is 26.1 Å². The summed E-state index contributed by atoms with van der Waals surface area (Å²) < 4.78 is 44.6. The molecule has 0 radical (unpaired) electrons. The SMILES string of the molecule is CC(=O)NC(C)c1ccc(O[C@@H]2CCN(c3cc(C(F)(F)F)ccn3)C2)cc1. The molecule has 2 aromatic rings. The lowest BCUT2D eigenvalue weighted by molar-refractivity contribution is -0.137. The van der Waals surface area contributed by atoms with Gasteiger partial charge in [0.1, 0.15) is 17.7 Å². The van der Waals surface area contributed by atoms with E-state index in [9.17, 15) is 18.0 Å². The molecule has 150 valence electrons. The van der Waals surface area contributed by atoms with E-state index in [1.807, 2.05) is 31.2 Å². The van der Waals surface area contributed by atoms with Crippen molar-refractivity contribution in [3.63, 3.8) is 0 Å². The molecule has 0 spiro atoms. The second-order valence-electron chi connectivity index (χ2n) is 6.87. The highest BCUT2D eigenvalue weighted by Crippen LogP contribution is 2.32. The first-order valence-electron chi connectivity index (χ1n) is 9.04. The number of halogens is 3. The number of aromatic nitrogens is 1. The zero-order valence-electron chi connectivity index (χ0n) is 15.7. The third kappa shape index (κ3) is 4.94. The van der Waals surface area contributed by atoms with Crippen molar-refractivity contribution in [2.45, 2.75) is 38.6 Å². The number of nitrogens with one attached hydrogen (secondary N) is 1. The summed E-state index contributed by atoms with van der Waals surface area (Å²) in [5.74, 6) is 0.894.